The SMILES string of the molecule is CC[C@@H](c1cccc(C)c1)[C@@H](C)C(N)=O. The van der Waals surface area contributed by atoms with Crippen LogP contribution < -0.4 is 5.73 Å². The first-order valence-corrected chi connectivity index (χ1v) is 5.42. The molecule has 2 atom stereocenters. The largest absolute Gasteiger partial charge is 0.369 e. The normalized spacial score (nSPS) is 14.6. The van der Waals surface area contributed by atoms with Gasteiger partial charge in [-0.3, -0.25) is 4.79 Å². The maximum atomic E-state index is 11.2. The monoisotopic (exact) mass is 205 g/mol. The number of amides is 1. The minimum Gasteiger partial charge on any atom is -0.369 e. The maximum absolute atomic E-state index is 11.2. The third-order valence-electron chi connectivity index (χ3n) is 2.96. The third-order valence-corrected chi connectivity index (χ3v) is 2.96. The number of hydrogen-bond donors (Lipinski definition) is 1. The zero-order valence-electron chi connectivity index (χ0n) is 9.66. The minimum atomic E-state index is -0.219. The molecular weight excluding hydrogens is 186 g/mol. The van der Waals surface area contributed by atoms with Crippen molar-refractivity contribution in [3.05, 3.63) is 35.4 Å². The van der Waals surface area contributed by atoms with Crippen LogP contribution in [-0.2, 0) is 4.79 Å². The minimum absolute atomic E-state index is 0.100. The lowest BCUT2D eigenvalue weighted by Crippen LogP contribution is -2.26. The summed E-state index contributed by atoms with van der Waals surface area (Å²) in [6, 6.07) is 8.29. The van der Waals surface area contributed by atoms with Crippen molar-refractivity contribution in [3.63, 3.8) is 0 Å². The molecule has 0 aliphatic rings. The number of rotatable bonds is 4. The highest BCUT2D eigenvalue weighted by molar-refractivity contribution is 5.77. The van der Waals surface area contributed by atoms with E-state index in [2.05, 4.69) is 32.0 Å². The standard InChI is InChI=1S/C13H19NO/c1-4-12(10(3)13(14)15)11-7-5-6-9(2)8-11/h5-8,10,12H,4H2,1-3H3,(H2,14,15)/t10-,12-/m1/s1. The molecule has 0 saturated heterocycles. The van der Waals surface area contributed by atoms with E-state index in [1.165, 1.54) is 11.1 Å². The summed E-state index contributed by atoms with van der Waals surface area (Å²) < 4.78 is 0. The fourth-order valence-corrected chi connectivity index (χ4v) is 1.98. The van der Waals surface area contributed by atoms with E-state index in [0.29, 0.717) is 0 Å². The highest BCUT2D eigenvalue weighted by Gasteiger charge is 2.21. The van der Waals surface area contributed by atoms with Crippen LogP contribution in [0, 0.1) is 12.8 Å². The average Bonchev–Trinajstić information content (AvgIpc) is 2.18. The van der Waals surface area contributed by atoms with Gasteiger partial charge in [-0.1, -0.05) is 43.7 Å². The van der Waals surface area contributed by atoms with Gasteiger partial charge in [-0.15, -0.1) is 0 Å². The lowest BCUT2D eigenvalue weighted by Gasteiger charge is -2.20. The number of primary amides is 1. The fourth-order valence-electron chi connectivity index (χ4n) is 1.98. The Balaban J connectivity index is 2.97. The molecule has 0 bridgehead atoms. The Hall–Kier alpha value is -1.31. The van der Waals surface area contributed by atoms with Gasteiger partial charge < -0.3 is 5.73 Å². The van der Waals surface area contributed by atoms with Crippen molar-refractivity contribution in [2.75, 3.05) is 0 Å². The van der Waals surface area contributed by atoms with Crippen LogP contribution in [0.2, 0.25) is 0 Å². The second kappa shape index (κ2) is 4.96. The van der Waals surface area contributed by atoms with Crippen LogP contribution in [0.25, 0.3) is 0 Å². The van der Waals surface area contributed by atoms with Crippen LogP contribution in [-0.4, -0.2) is 5.91 Å². The van der Waals surface area contributed by atoms with Gasteiger partial charge in [-0.2, -0.15) is 0 Å². The molecule has 0 radical (unpaired) electrons. The Morgan fingerprint density at radius 1 is 1.47 bits per heavy atom. The molecule has 0 aliphatic carbocycles. The van der Waals surface area contributed by atoms with Gasteiger partial charge in [-0.05, 0) is 24.8 Å². The van der Waals surface area contributed by atoms with Gasteiger partial charge in [0.15, 0.2) is 0 Å². The molecule has 0 aliphatic heterocycles. The summed E-state index contributed by atoms with van der Waals surface area (Å²) >= 11 is 0. The molecule has 0 fully saturated rings. The molecule has 0 spiro atoms. The number of hydrogen-bond acceptors (Lipinski definition) is 1. The summed E-state index contributed by atoms with van der Waals surface area (Å²) in [5.41, 5.74) is 7.79. The molecule has 2 N–H and O–H groups in total. The van der Waals surface area contributed by atoms with E-state index in [4.69, 9.17) is 5.73 Å². The Bertz CT molecular complexity index is 346. The molecular formula is C13H19NO. The number of carbonyl (C=O) groups is 1. The van der Waals surface area contributed by atoms with E-state index in [-0.39, 0.29) is 17.7 Å². The van der Waals surface area contributed by atoms with E-state index >= 15 is 0 Å². The first-order chi connectivity index (χ1) is 7.06. The Morgan fingerprint density at radius 3 is 2.60 bits per heavy atom. The van der Waals surface area contributed by atoms with Gasteiger partial charge in [-0.25, -0.2) is 0 Å². The van der Waals surface area contributed by atoms with Crippen molar-refractivity contribution in [2.45, 2.75) is 33.1 Å². The molecule has 2 nitrogen and oxygen atoms in total. The van der Waals surface area contributed by atoms with Crippen LogP contribution in [0.1, 0.15) is 37.3 Å². The zero-order valence-corrected chi connectivity index (χ0v) is 9.66. The van der Waals surface area contributed by atoms with Gasteiger partial charge in [0, 0.05) is 5.92 Å². The molecule has 1 rings (SSSR count). The summed E-state index contributed by atoms with van der Waals surface area (Å²) in [4.78, 5) is 11.2. The van der Waals surface area contributed by atoms with Crippen molar-refractivity contribution in [2.24, 2.45) is 11.7 Å². The topological polar surface area (TPSA) is 43.1 Å². The Morgan fingerprint density at radius 2 is 2.13 bits per heavy atom. The molecule has 0 saturated carbocycles. The lowest BCUT2D eigenvalue weighted by atomic mass is 9.84. The summed E-state index contributed by atoms with van der Waals surface area (Å²) in [7, 11) is 0. The summed E-state index contributed by atoms with van der Waals surface area (Å²) in [6.07, 6.45) is 0.938. The molecule has 15 heavy (non-hydrogen) atoms. The molecule has 1 amide bonds. The first kappa shape index (κ1) is 11.8. The molecule has 0 heterocycles. The van der Waals surface area contributed by atoms with Crippen molar-refractivity contribution in [1.82, 2.24) is 0 Å². The van der Waals surface area contributed by atoms with Gasteiger partial charge in [0.1, 0.15) is 0 Å². The number of carbonyl (C=O) groups excluding carboxylic acids is 1. The molecule has 82 valence electrons. The quantitative estimate of drug-likeness (QED) is 0.806. The van der Waals surface area contributed by atoms with Crippen LogP contribution >= 0.6 is 0 Å². The van der Waals surface area contributed by atoms with Gasteiger partial charge >= 0.3 is 0 Å². The molecule has 2 heteroatoms. The van der Waals surface area contributed by atoms with Crippen LogP contribution in [0.5, 0.6) is 0 Å². The van der Waals surface area contributed by atoms with Crippen molar-refractivity contribution < 1.29 is 4.79 Å². The predicted molar refractivity (Wildman–Crippen MR) is 62.6 cm³/mol. The van der Waals surface area contributed by atoms with Gasteiger partial charge in [0.05, 0.1) is 0 Å². The highest BCUT2D eigenvalue weighted by atomic mass is 16.1. The Labute approximate surface area is 91.5 Å². The van der Waals surface area contributed by atoms with E-state index in [9.17, 15) is 4.79 Å². The summed E-state index contributed by atoms with van der Waals surface area (Å²) in [5, 5.41) is 0. The fraction of sp³-hybridized carbons (Fsp3) is 0.462. The summed E-state index contributed by atoms with van der Waals surface area (Å²) in [6.45, 7) is 6.05. The van der Waals surface area contributed by atoms with E-state index in [1.54, 1.807) is 0 Å². The number of benzene rings is 1. The zero-order chi connectivity index (χ0) is 11.4. The first-order valence-electron chi connectivity index (χ1n) is 5.42. The van der Waals surface area contributed by atoms with Crippen LogP contribution in [0.15, 0.2) is 24.3 Å². The third kappa shape index (κ3) is 2.82. The molecule has 0 unspecified atom stereocenters. The van der Waals surface area contributed by atoms with Crippen molar-refractivity contribution in [1.29, 1.82) is 0 Å². The van der Waals surface area contributed by atoms with E-state index < -0.39 is 0 Å². The second-order valence-electron chi connectivity index (χ2n) is 4.12. The highest BCUT2D eigenvalue weighted by Crippen LogP contribution is 2.28. The number of nitrogens with two attached hydrogens (primary N) is 1. The number of aryl methyl sites for hydroxylation is 1. The van der Waals surface area contributed by atoms with Crippen LogP contribution in [0.4, 0.5) is 0 Å². The van der Waals surface area contributed by atoms with E-state index in [1.807, 2.05) is 13.0 Å². The predicted octanol–water partition coefficient (Wildman–Crippen LogP) is 2.61. The Kier molecular flexibility index (Phi) is 3.89. The molecule has 1 aromatic rings. The summed E-state index contributed by atoms with van der Waals surface area (Å²) in [5.74, 6) is -0.0810. The average molecular weight is 205 g/mol. The maximum Gasteiger partial charge on any atom is 0.220 e. The van der Waals surface area contributed by atoms with Crippen molar-refractivity contribution >= 4 is 5.91 Å². The molecule has 0 aromatic heterocycles. The second-order valence-corrected chi connectivity index (χ2v) is 4.12. The lowest BCUT2D eigenvalue weighted by molar-refractivity contribution is -0.122. The smallest absolute Gasteiger partial charge is 0.220 e. The van der Waals surface area contributed by atoms with Crippen LogP contribution in [0.3, 0.4) is 0 Å². The van der Waals surface area contributed by atoms with Gasteiger partial charge in [0.25, 0.3) is 0 Å². The van der Waals surface area contributed by atoms with Crippen molar-refractivity contribution in [3.8, 4) is 0 Å². The molecule has 1 aromatic carbocycles. The van der Waals surface area contributed by atoms with Gasteiger partial charge in [0.2, 0.25) is 5.91 Å². The van der Waals surface area contributed by atoms with E-state index in [0.717, 1.165) is 6.42 Å².